The predicted octanol–water partition coefficient (Wildman–Crippen LogP) is 4.34. The van der Waals surface area contributed by atoms with Gasteiger partial charge in [0.05, 0.1) is 36.1 Å². The number of carbonyl (C=O) groups excluding carboxylic acids is 2. The van der Waals surface area contributed by atoms with E-state index in [4.69, 9.17) is 5.26 Å². The molecular formula is C26H17F3N6O2. The van der Waals surface area contributed by atoms with E-state index in [2.05, 4.69) is 15.4 Å². The fraction of sp³-hybridized carbons (Fsp3) is 0.115. The van der Waals surface area contributed by atoms with Crippen LogP contribution in [0.5, 0.6) is 0 Å². The van der Waals surface area contributed by atoms with Crippen LogP contribution in [-0.2, 0) is 12.5 Å². The number of hydrogen-bond acceptors (Lipinski definition) is 5. The van der Waals surface area contributed by atoms with E-state index >= 15 is 0 Å². The fourth-order valence-corrected chi connectivity index (χ4v) is 4.04. The molecule has 1 aliphatic rings. The number of aromatic nitrogens is 3. The molecule has 0 fully saturated rings. The van der Waals surface area contributed by atoms with Crippen LogP contribution < -0.4 is 10.2 Å². The minimum Gasteiger partial charge on any atom is -0.322 e. The normalized spacial score (nSPS) is 13.1. The Morgan fingerprint density at radius 1 is 1.05 bits per heavy atom. The van der Waals surface area contributed by atoms with Crippen molar-refractivity contribution in [1.82, 2.24) is 14.8 Å². The van der Waals surface area contributed by atoms with E-state index in [9.17, 15) is 22.8 Å². The lowest BCUT2D eigenvalue weighted by atomic mass is 10.0. The molecule has 0 aliphatic carbocycles. The summed E-state index contributed by atoms with van der Waals surface area (Å²) in [6, 6.07) is 15.3. The summed E-state index contributed by atoms with van der Waals surface area (Å²) in [7, 11) is 0. The number of nitriles is 1. The Balaban J connectivity index is 1.38. The van der Waals surface area contributed by atoms with Crippen LogP contribution in [0, 0.1) is 17.1 Å². The Kier molecular flexibility index (Phi) is 5.93. The molecule has 1 N–H and O–H groups in total. The van der Waals surface area contributed by atoms with Crippen LogP contribution in [0.4, 0.5) is 24.5 Å². The highest BCUT2D eigenvalue weighted by Crippen LogP contribution is 2.35. The van der Waals surface area contributed by atoms with Crippen molar-refractivity contribution >= 4 is 23.2 Å². The number of benzene rings is 2. The van der Waals surface area contributed by atoms with Gasteiger partial charge in [-0.25, -0.2) is 4.39 Å². The minimum absolute atomic E-state index is 0.0441. The molecule has 0 radical (unpaired) electrons. The van der Waals surface area contributed by atoms with Crippen molar-refractivity contribution in [3.05, 3.63) is 107 Å². The number of pyridine rings is 1. The Labute approximate surface area is 208 Å². The topological polar surface area (TPSA) is 104 Å². The van der Waals surface area contributed by atoms with Gasteiger partial charge < -0.3 is 10.2 Å². The summed E-state index contributed by atoms with van der Waals surface area (Å²) >= 11 is 0. The standard InChI is InChI=1S/C26H17F3N6O2/c27-18-6-9-22(31-14-18)26(28,29)17-4-7-20(8-5-17)34-10-11-35-23(25(34)37)21(15-32-35)24(36)33-19-3-1-2-16(12-19)13-30/h1-9,12,14-15H,10-11H2,(H,33,36). The maximum Gasteiger partial charge on any atom is 0.314 e. The number of halogens is 3. The first-order valence-electron chi connectivity index (χ1n) is 11.1. The molecule has 0 saturated carbocycles. The van der Waals surface area contributed by atoms with Crippen LogP contribution in [0.25, 0.3) is 0 Å². The molecule has 184 valence electrons. The monoisotopic (exact) mass is 502 g/mol. The van der Waals surface area contributed by atoms with Gasteiger partial charge in [-0.05, 0) is 42.5 Å². The SMILES string of the molecule is N#Cc1cccc(NC(=O)c2cnn3c2C(=O)N(c2ccc(C(F)(F)c4ccc(F)cn4)cc2)CC3)c1. The molecule has 2 amide bonds. The Bertz CT molecular complexity index is 1540. The number of nitrogens with zero attached hydrogens (tertiary/aromatic N) is 5. The summed E-state index contributed by atoms with van der Waals surface area (Å²) in [5, 5.41) is 15.9. The van der Waals surface area contributed by atoms with Crippen molar-refractivity contribution in [2.75, 3.05) is 16.8 Å². The van der Waals surface area contributed by atoms with Crippen LogP contribution in [0.2, 0.25) is 0 Å². The third-order valence-electron chi connectivity index (χ3n) is 5.91. The molecule has 0 bridgehead atoms. The average molecular weight is 502 g/mol. The second-order valence-electron chi connectivity index (χ2n) is 8.22. The van der Waals surface area contributed by atoms with Crippen molar-refractivity contribution in [3.8, 4) is 6.07 Å². The molecule has 0 atom stereocenters. The third-order valence-corrected chi connectivity index (χ3v) is 5.91. The summed E-state index contributed by atoms with van der Waals surface area (Å²) in [4.78, 5) is 31.1. The van der Waals surface area contributed by atoms with Crippen molar-refractivity contribution in [2.24, 2.45) is 0 Å². The van der Waals surface area contributed by atoms with Crippen LogP contribution in [-0.4, -0.2) is 33.1 Å². The van der Waals surface area contributed by atoms with E-state index in [1.165, 1.54) is 46.1 Å². The number of hydrogen-bond donors (Lipinski definition) is 1. The lowest BCUT2D eigenvalue weighted by Gasteiger charge is -2.28. The Morgan fingerprint density at radius 3 is 2.54 bits per heavy atom. The van der Waals surface area contributed by atoms with Crippen molar-refractivity contribution < 1.29 is 22.8 Å². The highest BCUT2D eigenvalue weighted by Gasteiger charge is 2.36. The fourth-order valence-electron chi connectivity index (χ4n) is 4.04. The number of carbonyl (C=O) groups is 2. The molecule has 11 heteroatoms. The summed E-state index contributed by atoms with van der Waals surface area (Å²) in [5.74, 6) is -5.28. The highest BCUT2D eigenvalue weighted by molar-refractivity contribution is 6.15. The molecular weight excluding hydrogens is 485 g/mol. The highest BCUT2D eigenvalue weighted by atomic mass is 19.3. The van der Waals surface area contributed by atoms with Crippen LogP contribution in [0.15, 0.2) is 73.1 Å². The molecule has 0 unspecified atom stereocenters. The van der Waals surface area contributed by atoms with Crippen molar-refractivity contribution in [1.29, 1.82) is 5.26 Å². The molecule has 3 heterocycles. The van der Waals surface area contributed by atoms with Gasteiger partial charge in [0.25, 0.3) is 11.8 Å². The van der Waals surface area contributed by atoms with Gasteiger partial charge in [0, 0.05) is 23.5 Å². The molecule has 1 aliphatic heterocycles. The first kappa shape index (κ1) is 23.7. The Hall–Kier alpha value is -4.98. The number of anilines is 2. The average Bonchev–Trinajstić information content (AvgIpc) is 3.35. The minimum atomic E-state index is -3.47. The number of amides is 2. The molecule has 0 spiro atoms. The maximum absolute atomic E-state index is 14.9. The Morgan fingerprint density at radius 2 is 1.84 bits per heavy atom. The van der Waals surface area contributed by atoms with Gasteiger partial charge in [-0.3, -0.25) is 19.3 Å². The zero-order valence-electron chi connectivity index (χ0n) is 19.0. The van der Waals surface area contributed by atoms with Gasteiger partial charge in [-0.2, -0.15) is 19.1 Å². The third kappa shape index (κ3) is 4.40. The van der Waals surface area contributed by atoms with Gasteiger partial charge in [0.1, 0.15) is 17.2 Å². The number of fused-ring (bicyclic) bond motifs is 1. The van der Waals surface area contributed by atoms with E-state index < -0.39 is 29.2 Å². The molecule has 37 heavy (non-hydrogen) atoms. The first-order chi connectivity index (χ1) is 17.8. The number of rotatable bonds is 5. The van der Waals surface area contributed by atoms with Crippen LogP contribution in [0.3, 0.4) is 0 Å². The smallest absolute Gasteiger partial charge is 0.314 e. The predicted molar refractivity (Wildman–Crippen MR) is 127 cm³/mol. The van der Waals surface area contributed by atoms with E-state index in [-0.39, 0.29) is 29.9 Å². The van der Waals surface area contributed by atoms with Gasteiger partial charge in [0.15, 0.2) is 0 Å². The quantitative estimate of drug-likeness (QED) is 0.437. The molecule has 2 aromatic heterocycles. The van der Waals surface area contributed by atoms with Gasteiger partial charge in [-0.1, -0.05) is 18.2 Å². The first-order valence-corrected chi connectivity index (χ1v) is 11.1. The van der Waals surface area contributed by atoms with Crippen LogP contribution >= 0.6 is 0 Å². The summed E-state index contributed by atoms with van der Waals surface area (Å²) in [6.45, 7) is 0.504. The van der Waals surface area contributed by atoms with Gasteiger partial charge >= 0.3 is 5.92 Å². The van der Waals surface area contributed by atoms with Gasteiger partial charge in [0.2, 0.25) is 0 Å². The molecule has 0 saturated heterocycles. The van der Waals surface area contributed by atoms with Crippen molar-refractivity contribution in [3.63, 3.8) is 0 Å². The lowest BCUT2D eigenvalue weighted by molar-refractivity contribution is 0.0379. The van der Waals surface area contributed by atoms with Crippen molar-refractivity contribution in [2.45, 2.75) is 12.5 Å². The molecule has 4 aromatic rings. The zero-order chi connectivity index (χ0) is 26.2. The summed E-state index contributed by atoms with van der Waals surface area (Å²) in [6.07, 6.45) is 2.01. The second-order valence-corrected chi connectivity index (χ2v) is 8.22. The molecule has 5 rings (SSSR count). The molecule has 2 aromatic carbocycles. The summed E-state index contributed by atoms with van der Waals surface area (Å²) in [5.41, 5.74) is 0.238. The number of alkyl halides is 2. The van der Waals surface area contributed by atoms with Gasteiger partial charge in [-0.15, -0.1) is 0 Å². The van der Waals surface area contributed by atoms with E-state index in [1.54, 1.807) is 18.2 Å². The second kappa shape index (κ2) is 9.23. The lowest BCUT2D eigenvalue weighted by Crippen LogP contribution is -2.41. The van der Waals surface area contributed by atoms with E-state index in [0.717, 1.165) is 18.3 Å². The zero-order valence-corrected chi connectivity index (χ0v) is 19.0. The largest absolute Gasteiger partial charge is 0.322 e. The number of nitrogens with one attached hydrogen (secondary N) is 1. The van der Waals surface area contributed by atoms with E-state index in [0.29, 0.717) is 16.9 Å². The maximum atomic E-state index is 14.9. The van der Waals surface area contributed by atoms with E-state index in [1.807, 2.05) is 6.07 Å². The molecule has 8 nitrogen and oxygen atoms in total. The van der Waals surface area contributed by atoms with Crippen LogP contribution in [0.1, 0.15) is 37.7 Å². The summed E-state index contributed by atoms with van der Waals surface area (Å²) < 4.78 is 44.2.